The summed E-state index contributed by atoms with van der Waals surface area (Å²) in [6.07, 6.45) is 2.84. The van der Waals surface area contributed by atoms with Crippen LogP contribution in [0.3, 0.4) is 0 Å². The summed E-state index contributed by atoms with van der Waals surface area (Å²) in [5.41, 5.74) is 1.50. The van der Waals surface area contributed by atoms with Crippen LogP contribution in [0.4, 0.5) is 0 Å². The third kappa shape index (κ3) is 1.17. The molecule has 72 valence electrons. The van der Waals surface area contributed by atoms with E-state index >= 15 is 0 Å². The van der Waals surface area contributed by atoms with Crippen LogP contribution < -0.4 is 0 Å². The predicted octanol–water partition coefficient (Wildman–Crippen LogP) is 2.65. The van der Waals surface area contributed by atoms with Crippen LogP contribution in [0, 0.1) is 18.3 Å². The van der Waals surface area contributed by atoms with E-state index in [2.05, 4.69) is 6.07 Å². The Bertz CT molecular complexity index is 399. The average molecular weight is 187 g/mol. The molecule has 0 atom stereocenters. The molecule has 0 radical (unpaired) electrons. The minimum Gasteiger partial charge on any atom is -0.508 e. The Hall–Kier alpha value is -1.49. The van der Waals surface area contributed by atoms with E-state index in [1.165, 1.54) is 0 Å². The molecular formula is C12H13NO. The Morgan fingerprint density at radius 1 is 1.43 bits per heavy atom. The molecule has 2 nitrogen and oxygen atoms in total. The fourth-order valence-electron chi connectivity index (χ4n) is 2.00. The van der Waals surface area contributed by atoms with Crippen LogP contribution in [0.1, 0.15) is 30.4 Å². The van der Waals surface area contributed by atoms with Gasteiger partial charge in [-0.1, -0.05) is 17.7 Å². The van der Waals surface area contributed by atoms with E-state index in [0.717, 1.165) is 30.4 Å². The Kier molecular flexibility index (Phi) is 1.96. The second kappa shape index (κ2) is 3.02. The number of hydrogen-bond acceptors (Lipinski definition) is 2. The van der Waals surface area contributed by atoms with Crippen molar-refractivity contribution in [2.45, 2.75) is 31.6 Å². The van der Waals surface area contributed by atoms with Gasteiger partial charge in [0.25, 0.3) is 0 Å². The smallest absolute Gasteiger partial charge is 0.120 e. The number of aromatic hydroxyl groups is 1. The van der Waals surface area contributed by atoms with E-state index in [-0.39, 0.29) is 5.75 Å². The molecule has 1 aromatic carbocycles. The monoisotopic (exact) mass is 187 g/mol. The molecule has 1 aromatic rings. The van der Waals surface area contributed by atoms with Gasteiger partial charge in [-0.05, 0) is 32.3 Å². The molecule has 1 aliphatic carbocycles. The van der Waals surface area contributed by atoms with E-state index in [9.17, 15) is 5.11 Å². The molecule has 14 heavy (non-hydrogen) atoms. The second-order valence-electron chi connectivity index (χ2n) is 4.07. The van der Waals surface area contributed by atoms with Crippen LogP contribution in [-0.4, -0.2) is 5.11 Å². The van der Waals surface area contributed by atoms with Crippen LogP contribution in [0.15, 0.2) is 18.2 Å². The van der Waals surface area contributed by atoms with E-state index in [4.69, 9.17) is 5.26 Å². The molecule has 1 aliphatic rings. The molecule has 0 aliphatic heterocycles. The van der Waals surface area contributed by atoms with E-state index < -0.39 is 5.41 Å². The zero-order valence-electron chi connectivity index (χ0n) is 8.25. The van der Waals surface area contributed by atoms with Crippen LogP contribution >= 0.6 is 0 Å². The molecule has 2 heteroatoms. The minimum absolute atomic E-state index is 0.261. The van der Waals surface area contributed by atoms with Crippen molar-refractivity contribution in [3.05, 3.63) is 29.3 Å². The van der Waals surface area contributed by atoms with Crippen molar-refractivity contribution in [3.8, 4) is 11.8 Å². The lowest BCUT2D eigenvalue weighted by atomic mass is 9.65. The highest BCUT2D eigenvalue weighted by Crippen LogP contribution is 2.46. The number of nitriles is 1. The van der Waals surface area contributed by atoms with Gasteiger partial charge >= 0.3 is 0 Å². The van der Waals surface area contributed by atoms with Crippen molar-refractivity contribution in [2.24, 2.45) is 0 Å². The number of phenols is 1. The van der Waals surface area contributed by atoms with E-state index in [1.54, 1.807) is 6.07 Å². The Morgan fingerprint density at radius 2 is 2.14 bits per heavy atom. The van der Waals surface area contributed by atoms with Crippen molar-refractivity contribution in [1.29, 1.82) is 5.26 Å². The number of rotatable bonds is 1. The number of hydrogen-bond donors (Lipinski definition) is 1. The minimum atomic E-state index is -0.407. The first-order valence-corrected chi connectivity index (χ1v) is 4.89. The van der Waals surface area contributed by atoms with Gasteiger partial charge in [0.2, 0.25) is 0 Å². The van der Waals surface area contributed by atoms with Gasteiger partial charge in [-0.15, -0.1) is 0 Å². The van der Waals surface area contributed by atoms with Crippen molar-refractivity contribution >= 4 is 0 Å². The molecule has 0 amide bonds. The van der Waals surface area contributed by atoms with Crippen LogP contribution in [-0.2, 0) is 5.41 Å². The zero-order valence-corrected chi connectivity index (χ0v) is 8.25. The van der Waals surface area contributed by atoms with Gasteiger partial charge in [-0.2, -0.15) is 5.26 Å². The lowest BCUT2D eigenvalue weighted by Gasteiger charge is -2.36. The lowest BCUT2D eigenvalue weighted by molar-refractivity contribution is 0.311. The van der Waals surface area contributed by atoms with Gasteiger partial charge in [0.05, 0.1) is 11.5 Å². The lowest BCUT2D eigenvalue weighted by Crippen LogP contribution is -2.32. The van der Waals surface area contributed by atoms with Crippen LogP contribution in [0.2, 0.25) is 0 Å². The van der Waals surface area contributed by atoms with Gasteiger partial charge in [0, 0.05) is 5.56 Å². The summed E-state index contributed by atoms with van der Waals surface area (Å²) < 4.78 is 0. The molecule has 0 unspecified atom stereocenters. The maximum absolute atomic E-state index is 9.72. The van der Waals surface area contributed by atoms with Crippen molar-refractivity contribution in [2.75, 3.05) is 0 Å². The molecule has 1 N–H and O–H groups in total. The van der Waals surface area contributed by atoms with Gasteiger partial charge in [-0.25, -0.2) is 0 Å². The Morgan fingerprint density at radius 3 is 2.64 bits per heavy atom. The highest BCUT2D eigenvalue weighted by molar-refractivity contribution is 5.46. The second-order valence-corrected chi connectivity index (χ2v) is 4.07. The first kappa shape index (κ1) is 9.08. The van der Waals surface area contributed by atoms with Crippen LogP contribution in [0.25, 0.3) is 0 Å². The summed E-state index contributed by atoms with van der Waals surface area (Å²) in [7, 11) is 0. The number of phenolic OH excluding ortho intramolecular Hbond substituents is 1. The Balaban J connectivity index is 2.50. The van der Waals surface area contributed by atoms with Crippen LogP contribution in [0.5, 0.6) is 5.75 Å². The maximum Gasteiger partial charge on any atom is 0.120 e. The third-order valence-corrected chi connectivity index (χ3v) is 3.09. The highest BCUT2D eigenvalue weighted by Gasteiger charge is 2.40. The highest BCUT2D eigenvalue weighted by atomic mass is 16.3. The summed E-state index contributed by atoms with van der Waals surface area (Å²) in [6, 6.07) is 7.81. The normalized spacial score (nSPS) is 18.3. The van der Waals surface area contributed by atoms with E-state index in [1.807, 2.05) is 19.1 Å². The SMILES string of the molecule is Cc1ccc(O)c(C2(C#N)CCC2)c1. The first-order valence-electron chi connectivity index (χ1n) is 4.89. The standard InChI is InChI=1S/C12H13NO/c1-9-3-4-11(14)10(7-9)12(8-13)5-2-6-12/h3-4,7,14H,2,5-6H2,1H3. The number of nitrogens with zero attached hydrogens (tertiary/aromatic N) is 1. The third-order valence-electron chi connectivity index (χ3n) is 3.09. The molecule has 1 saturated carbocycles. The Labute approximate surface area is 83.8 Å². The van der Waals surface area contributed by atoms with Crippen molar-refractivity contribution in [1.82, 2.24) is 0 Å². The summed E-state index contributed by atoms with van der Waals surface area (Å²) >= 11 is 0. The molecular weight excluding hydrogens is 174 g/mol. The molecule has 0 aromatic heterocycles. The van der Waals surface area contributed by atoms with Gasteiger partial charge in [0.15, 0.2) is 0 Å². The number of aryl methyl sites for hydroxylation is 1. The topological polar surface area (TPSA) is 44.0 Å². The molecule has 0 bridgehead atoms. The first-order chi connectivity index (χ1) is 6.68. The van der Waals surface area contributed by atoms with Gasteiger partial charge < -0.3 is 5.11 Å². The predicted molar refractivity (Wildman–Crippen MR) is 54.0 cm³/mol. The average Bonchev–Trinajstić information content (AvgIpc) is 2.10. The van der Waals surface area contributed by atoms with Crippen molar-refractivity contribution in [3.63, 3.8) is 0 Å². The molecule has 0 heterocycles. The van der Waals surface area contributed by atoms with Gasteiger partial charge in [-0.3, -0.25) is 0 Å². The molecule has 0 spiro atoms. The molecule has 0 saturated heterocycles. The zero-order chi connectivity index (χ0) is 10.2. The molecule has 1 fully saturated rings. The fraction of sp³-hybridized carbons (Fsp3) is 0.417. The largest absolute Gasteiger partial charge is 0.508 e. The summed E-state index contributed by atoms with van der Waals surface area (Å²) in [4.78, 5) is 0. The summed E-state index contributed by atoms with van der Waals surface area (Å²) in [5, 5.41) is 18.9. The maximum atomic E-state index is 9.72. The summed E-state index contributed by atoms with van der Waals surface area (Å²) in [5.74, 6) is 0.261. The number of benzene rings is 1. The summed E-state index contributed by atoms with van der Waals surface area (Å²) in [6.45, 7) is 1.98. The molecule has 2 rings (SSSR count). The van der Waals surface area contributed by atoms with Gasteiger partial charge in [0.1, 0.15) is 5.75 Å². The van der Waals surface area contributed by atoms with Crippen molar-refractivity contribution < 1.29 is 5.11 Å². The van der Waals surface area contributed by atoms with E-state index in [0.29, 0.717) is 0 Å². The fourth-order valence-corrected chi connectivity index (χ4v) is 2.00. The quantitative estimate of drug-likeness (QED) is 0.734.